The Balaban J connectivity index is 1.25. The van der Waals surface area contributed by atoms with E-state index in [0.717, 1.165) is 30.6 Å². The Morgan fingerprint density at radius 3 is 2.19 bits per heavy atom. The van der Waals surface area contributed by atoms with Crippen LogP contribution in [0.1, 0.15) is 112 Å². The molecule has 4 heterocycles. The van der Waals surface area contributed by atoms with E-state index in [2.05, 4.69) is 20.8 Å². The molecule has 12 nitrogen and oxygen atoms in total. The highest BCUT2D eigenvalue weighted by Crippen LogP contribution is 2.44. The lowest BCUT2D eigenvalue weighted by atomic mass is 9.76. The Morgan fingerprint density at radius 2 is 1.54 bits per heavy atom. The summed E-state index contributed by atoms with van der Waals surface area (Å²) in [6.07, 6.45) is 3.00. The molecule has 0 bridgehead atoms. The van der Waals surface area contributed by atoms with E-state index in [1.54, 1.807) is 21.3 Å². The Hall–Kier alpha value is -1.87. The smallest absolute Gasteiger partial charge is 0.309 e. The fourth-order valence-corrected chi connectivity index (χ4v) is 9.15. The molecule has 1 N–H and O–H groups in total. The number of benzene rings is 1. The number of carboxylic acids is 1. The van der Waals surface area contributed by atoms with Gasteiger partial charge in [-0.05, 0) is 78.9 Å². The van der Waals surface area contributed by atoms with Crippen molar-refractivity contribution in [2.45, 2.75) is 173 Å². The molecule has 0 amide bonds. The third-order valence-corrected chi connectivity index (χ3v) is 12.1. The fourth-order valence-electron chi connectivity index (χ4n) is 9.15. The maximum absolute atomic E-state index is 12.9. The van der Waals surface area contributed by atoms with Crippen LogP contribution in [0, 0.1) is 23.7 Å². The molecule has 4 aliphatic rings. The van der Waals surface area contributed by atoms with E-state index in [1.165, 1.54) is 0 Å². The van der Waals surface area contributed by atoms with Gasteiger partial charge >= 0.3 is 5.97 Å². The summed E-state index contributed by atoms with van der Waals surface area (Å²) in [4.78, 5) is 12.9. The summed E-state index contributed by atoms with van der Waals surface area (Å²) in [6.45, 7) is 16.7. The lowest BCUT2D eigenvalue weighted by Gasteiger charge is -2.52. The summed E-state index contributed by atoms with van der Waals surface area (Å²) in [5.74, 6) is -2.92. The van der Waals surface area contributed by atoms with Gasteiger partial charge in [0.25, 0.3) is 0 Å². The third kappa shape index (κ3) is 10.9. The van der Waals surface area contributed by atoms with Crippen LogP contribution in [0.5, 0.6) is 5.75 Å². The predicted octanol–water partition coefficient (Wildman–Crippen LogP) is 7.31. The van der Waals surface area contributed by atoms with Gasteiger partial charge in [0.15, 0.2) is 17.9 Å². The Bertz CT molecular complexity index is 1320. The van der Waals surface area contributed by atoms with E-state index in [-0.39, 0.29) is 66.6 Å². The van der Waals surface area contributed by atoms with Gasteiger partial charge in [-0.25, -0.2) is 0 Å². The van der Waals surface area contributed by atoms with Gasteiger partial charge in [-0.3, -0.25) is 4.79 Å². The minimum absolute atomic E-state index is 0.0230. The highest BCUT2D eigenvalue weighted by molar-refractivity contribution is 5.70. The van der Waals surface area contributed by atoms with Crippen molar-refractivity contribution < 1.29 is 57.3 Å². The number of ether oxygens (including phenoxy) is 10. The van der Waals surface area contributed by atoms with Crippen molar-refractivity contribution in [1.29, 1.82) is 0 Å². The zero-order chi connectivity index (χ0) is 39.4. The van der Waals surface area contributed by atoms with Crippen LogP contribution in [0.4, 0.5) is 0 Å². The molecular weight excluding hydrogens is 696 g/mol. The summed E-state index contributed by atoms with van der Waals surface area (Å²) < 4.78 is 62.1. The molecule has 0 saturated carbocycles. The molecule has 0 unspecified atom stereocenters. The number of hydrogen-bond donors (Lipinski definition) is 1. The Kier molecular flexibility index (Phi) is 14.9. The van der Waals surface area contributed by atoms with Crippen molar-refractivity contribution >= 4 is 5.97 Å². The molecule has 1 aromatic carbocycles. The van der Waals surface area contributed by atoms with Crippen molar-refractivity contribution in [1.82, 2.24) is 0 Å². The first-order valence-electron chi connectivity index (χ1n) is 20.1. The second kappa shape index (κ2) is 18.6. The first-order chi connectivity index (χ1) is 25.5. The van der Waals surface area contributed by atoms with E-state index in [9.17, 15) is 9.90 Å². The van der Waals surface area contributed by atoms with Crippen LogP contribution >= 0.6 is 0 Å². The molecule has 14 atom stereocenters. The summed E-state index contributed by atoms with van der Waals surface area (Å²) in [6, 6.07) is 7.77. The molecule has 0 aromatic heterocycles. The van der Waals surface area contributed by atoms with Gasteiger partial charge < -0.3 is 52.5 Å². The standard InChI is InChI=1S/C42H68O12/c1-24-20-32(46-10)21-30(49-24)16-17-33(39(43)44)38-27(4)37(53-42(7,8)54-38)26(3)36-23-35(51-41(5,6)52-36)25(2)34(47-11)22-31-18-19-48-40(50-31)28-12-14-29(45-9)15-13-28/h12-15,24-27,30-38,40H,16-23H2,1-11H3,(H,43,44)/t24-,25+,26-,27+,30-,31-,32+,33+,34-,35-,36+,37-,38+,40-/m0/s1. The summed E-state index contributed by atoms with van der Waals surface area (Å²) in [7, 11) is 5.13. The van der Waals surface area contributed by atoms with Crippen LogP contribution in [-0.4, -0.2) is 106 Å². The fraction of sp³-hybridized carbons (Fsp3) is 0.833. The maximum Gasteiger partial charge on any atom is 0.309 e. The second-order valence-corrected chi connectivity index (χ2v) is 17.0. The topological polar surface area (TPSA) is 130 Å². The molecule has 1 aromatic rings. The van der Waals surface area contributed by atoms with Crippen LogP contribution in [0.2, 0.25) is 0 Å². The van der Waals surface area contributed by atoms with Gasteiger partial charge in [0.05, 0.1) is 74.6 Å². The van der Waals surface area contributed by atoms with E-state index in [0.29, 0.717) is 32.3 Å². The Labute approximate surface area is 323 Å². The molecular formula is C42H68O12. The number of rotatable bonds is 15. The van der Waals surface area contributed by atoms with Gasteiger partial charge in [-0.2, -0.15) is 0 Å². The first kappa shape index (κ1) is 43.3. The van der Waals surface area contributed by atoms with Crippen molar-refractivity contribution in [3.63, 3.8) is 0 Å². The minimum atomic E-state index is -0.983. The molecule has 308 valence electrons. The molecule has 0 spiro atoms. The van der Waals surface area contributed by atoms with Crippen LogP contribution in [-0.2, 0) is 47.4 Å². The van der Waals surface area contributed by atoms with E-state index >= 15 is 0 Å². The highest BCUT2D eigenvalue weighted by atomic mass is 16.7. The molecule has 54 heavy (non-hydrogen) atoms. The molecule has 4 fully saturated rings. The van der Waals surface area contributed by atoms with Crippen LogP contribution < -0.4 is 4.74 Å². The zero-order valence-electron chi connectivity index (χ0n) is 34.5. The van der Waals surface area contributed by atoms with Gasteiger partial charge in [0.1, 0.15) is 5.75 Å². The normalized spacial score (nSPS) is 36.4. The largest absolute Gasteiger partial charge is 0.497 e. The number of carboxylic acid groups (broad SMARTS) is 1. The van der Waals surface area contributed by atoms with Crippen molar-refractivity contribution in [3.05, 3.63) is 29.8 Å². The number of methoxy groups -OCH3 is 3. The summed E-state index contributed by atoms with van der Waals surface area (Å²) >= 11 is 0. The SMILES string of the molecule is COc1ccc([C@H]2OCC[C@@H](C[C@H](OC)[C@@H](C)[C@@H]3C[C@H]([C@H](C)[C@@H]4OC(C)(C)O[C@@H]([C@@H](CC[C@H]5C[C@H](OC)C[C@H](C)O5)C(=O)O)[C@@H]4C)OC(C)(C)O3)O2)cc1. The molecule has 4 aliphatic heterocycles. The van der Waals surface area contributed by atoms with Crippen molar-refractivity contribution in [3.8, 4) is 5.75 Å². The molecule has 12 heteroatoms. The second-order valence-electron chi connectivity index (χ2n) is 17.0. The minimum Gasteiger partial charge on any atom is -0.497 e. The summed E-state index contributed by atoms with van der Waals surface area (Å²) in [5.41, 5.74) is 0.951. The van der Waals surface area contributed by atoms with Crippen molar-refractivity contribution in [2.24, 2.45) is 23.7 Å². The van der Waals surface area contributed by atoms with E-state index in [1.807, 2.05) is 58.9 Å². The van der Waals surface area contributed by atoms with Gasteiger partial charge in [-0.1, -0.05) is 32.9 Å². The van der Waals surface area contributed by atoms with E-state index < -0.39 is 35.9 Å². The maximum atomic E-state index is 12.9. The first-order valence-corrected chi connectivity index (χ1v) is 20.1. The number of hydrogen-bond acceptors (Lipinski definition) is 11. The molecule has 0 radical (unpaired) electrons. The number of carbonyl (C=O) groups is 1. The zero-order valence-corrected chi connectivity index (χ0v) is 34.5. The molecule has 0 aliphatic carbocycles. The lowest BCUT2D eigenvalue weighted by molar-refractivity contribution is -0.357. The summed E-state index contributed by atoms with van der Waals surface area (Å²) in [5, 5.41) is 10.6. The predicted molar refractivity (Wildman–Crippen MR) is 201 cm³/mol. The molecule has 4 saturated heterocycles. The monoisotopic (exact) mass is 764 g/mol. The van der Waals surface area contributed by atoms with Crippen LogP contribution in [0.3, 0.4) is 0 Å². The van der Waals surface area contributed by atoms with Crippen molar-refractivity contribution in [2.75, 3.05) is 27.9 Å². The van der Waals surface area contributed by atoms with Gasteiger partial charge in [0.2, 0.25) is 0 Å². The van der Waals surface area contributed by atoms with Gasteiger partial charge in [0, 0.05) is 50.4 Å². The van der Waals surface area contributed by atoms with Crippen LogP contribution in [0.15, 0.2) is 24.3 Å². The van der Waals surface area contributed by atoms with Gasteiger partial charge in [-0.15, -0.1) is 0 Å². The average molecular weight is 765 g/mol. The Morgan fingerprint density at radius 1 is 0.870 bits per heavy atom. The average Bonchev–Trinajstić information content (AvgIpc) is 3.13. The lowest BCUT2D eigenvalue weighted by Crippen LogP contribution is -2.59. The van der Waals surface area contributed by atoms with Crippen LogP contribution in [0.25, 0.3) is 0 Å². The highest BCUT2D eigenvalue weighted by Gasteiger charge is 2.51. The quantitative estimate of drug-likeness (QED) is 0.192. The number of aliphatic carboxylic acids is 1. The van der Waals surface area contributed by atoms with E-state index in [4.69, 9.17) is 47.4 Å². The third-order valence-electron chi connectivity index (χ3n) is 12.1. The molecule has 5 rings (SSSR count).